The number of imide groups is 1. The van der Waals surface area contributed by atoms with Gasteiger partial charge in [-0.25, -0.2) is 0 Å². The summed E-state index contributed by atoms with van der Waals surface area (Å²) in [6.07, 6.45) is 0. The fourth-order valence-electron chi connectivity index (χ4n) is 6.12. The van der Waals surface area contributed by atoms with Crippen molar-refractivity contribution in [1.29, 1.82) is 0 Å². The van der Waals surface area contributed by atoms with Crippen LogP contribution < -0.4 is 0 Å². The maximum absolute atomic E-state index is 13.7. The Bertz CT molecular complexity index is 1220. The maximum atomic E-state index is 13.7. The third-order valence-corrected chi connectivity index (χ3v) is 7.23. The summed E-state index contributed by atoms with van der Waals surface area (Å²) < 4.78 is 0. The average Bonchev–Trinajstić information content (AvgIpc) is 3.05. The Morgan fingerprint density at radius 1 is 0.806 bits per heavy atom. The zero-order valence-electron chi connectivity index (χ0n) is 16.6. The third kappa shape index (κ3) is 2.08. The number of carboxylic acid groups (broad SMARTS) is 1. The Morgan fingerprint density at radius 3 is 1.94 bits per heavy atom. The van der Waals surface area contributed by atoms with Crippen LogP contribution in [-0.2, 0) is 26.3 Å². The Labute approximate surface area is 178 Å². The summed E-state index contributed by atoms with van der Waals surface area (Å²) in [5.41, 5.74) is 2.23. The molecule has 0 spiro atoms. The number of hydrogen-bond donors (Lipinski definition) is 1. The van der Waals surface area contributed by atoms with E-state index in [-0.39, 0.29) is 18.4 Å². The summed E-state index contributed by atoms with van der Waals surface area (Å²) in [7, 11) is 0. The Morgan fingerprint density at radius 2 is 1.35 bits per heavy atom. The second kappa shape index (κ2) is 6.14. The van der Waals surface area contributed by atoms with Gasteiger partial charge in [-0.2, -0.15) is 0 Å². The van der Waals surface area contributed by atoms with Crippen molar-refractivity contribution in [3.63, 3.8) is 0 Å². The number of nitrogens with zero attached hydrogens (tertiary/aromatic N) is 1. The third-order valence-electron chi connectivity index (χ3n) is 7.23. The summed E-state index contributed by atoms with van der Waals surface area (Å²) in [5.74, 6) is -3.74. The van der Waals surface area contributed by atoms with Gasteiger partial charge in [-0.05, 0) is 27.8 Å². The summed E-state index contributed by atoms with van der Waals surface area (Å²) in [6, 6.07) is 24.1. The van der Waals surface area contributed by atoms with Crippen LogP contribution in [0, 0.1) is 11.8 Å². The van der Waals surface area contributed by atoms with Gasteiger partial charge in [0, 0.05) is 5.92 Å². The zero-order valence-corrected chi connectivity index (χ0v) is 16.6. The van der Waals surface area contributed by atoms with Gasteiger partial charge in [0.15, 0.2) is 0 Å². The van der Waals surface area contributed by atoms with Gasteiger partial charge in [0.2, 0.25) is 11.8 Å². The molecular weight excluding hydrogens is 390 g/mol. The molecule has 3 aromatic carbocycles. The summed E-state index contributed by atoms with van der Waals surface area (Å²) in [6.45, 7) is 0.153. The molecule has 2 bridgehead atoms. The normalized spacial score (nSPS) is 27.6. The molecule has 31 heavy (non-hydrogen) atoms. The maximum Gasteiger partial charge on any atom is 0.319 e. The van der Waals surface area contributed by atoms with Gasteiger partial charge < -0.3 is 5.11 Å². The number of likely N-dealkylation sites (tertiary alicyclic amines) is 1. The Kier molecular flexibility index (Phi) is 3.58. The smallest absolute Gasteiger partial charge is 0.319 e. The van der Waals surface area contributed by atoms with Crippen molar-refractivity contribution < 1.29 is 19.5 Å². The number of carbonyl (C=O) groups is 3. The molecule has 1 saturated heterocycles. The van der Waals surface area contributed by atoms with E-state index >= 15 is 0 Å². The highest BCUT2D eigenvalue weighted by Crippen LogP contribution is 2.64. The van der Waals surface area contributed by atoms with E-state index in [0.29, 0.717) is 11.1 Å². The highest BCUT2D eigenvalue weighted by atomic mass is 16.4. The molecular formula is C26H19NO4. The predicted octanol–water partition coefficient (Wildman–Crippen LogP) is 3.32. The highest BCUT2D eigenvalue weighted by molar-refractivity contribution is 6.12. The summed E-state index contributed by atoms with van der Waals surface area (Å²) >= 11 is 0. The minimum Gasteiger partial charge on any atom is -0.480 e. The molecule has 0 aromatic heterocycles. The first kappa shape index (κ1) is 18.1. The topological polar surface area (TPSA) is 74.7 Å². The van der Waals surface area contributed by atoms with Crippen LogP contribution in [0.1, 0.15) is 33.7 Å². The number of benzene rings is 3. The second-order valence-corrected chi connectivity index (χ2v) is 8.52. The molecule has 1 heterocycles. The number of hydrogen-bond acceptors (Lipinski definition) is 3. The summed E-state index contributed by atoms with van der Waals surface area (Å²) in [4.78, 5) is 41.7. The van der Waals surface area contributed by atoms with Crippen molar-refractivity contribution in [2.75, 3.05) is 0 Å². The van der Waals surface area contributed by atoms with Crippen LogP contribution in [0.5, 0.6) is 0 Å². The van der Waals surface area contributed by atoms with Gasteiger partial charge in [-0.3, -0.25) is 19.3 Å². The van der Waals surface area contributed by atoms with Crippen LogP contribution in [0.2, 0.25) is 0 Å². The lowest BCUT2D eigenvalue weighted by molar-refractivity contribution is -0.150. The minimum atomic E-state index is -1.56. The van der Waals surface area contributed by atoms with Gasteiger partial charge in [0.1, 0.15) is 5.41 Å². The van der Waals surface area contributed by atoms with E-state index in [0.717, 1.165) is 16.7 Å². The van der Waals surface area contributed by atoms with Crippen molar-refractivity contribution in [2.45, 2.75) is 17.9 Å². The van der Waals surface area contributed by atoms with Crippen LogP contribution in [0.3, 0.4) is 0 Å². The number of carbonyl (C=O) groups excluding carboxylic acids is 2. The number of aliphatic carboxylic acids is 1. The molecule has 0 radical (unpaired) electrons. The molecule has 5 nitrogen and oxygen atoms in total. The van der Waals surface area contributed by atoms with Crippen molar-refractivity contribution in [1.82, 2.24) is 4.90 Å². The fraction of sp³-hybridized carbons (Fsp3) is 0.192. The van der Waals surface area contributed by atoms with E-state index < -0.39 is 29.1 Å². The van der Waals surface area contributed by atoms with Crippen molar-refractivity contribution >= 4 is 17.8 Å². The predicted molar refractivity (Wildman–Crippen MR) is 112 cm³/mol. The molecule has 3 aromatic rings. The molecule has 152 valence electrons. The monoisotopic (exact) mass is 409 g/mol. The molecule has 1 N–H and O–H groups in total. The van der Waals surface area contributed by atoms with E-state index in [1.165, 1.54) is 4.90 Å². The molecule has 5 heteroatoms. The highest BCUT2D eigenvalue weighted by Gasteiger charge is 2.71. The lowest BCUT2D eigenvalue weighted by atomic mass is 9.47. The molecule has 1 aliphatic heterocycles. The van der Waals surface area contributed by atoms with Gasteiger partial charge in [0.25, 0.3) is 0 Å². The van der Waals surface area contributed by atoms with E-state index in [1.807, 2.05) is 66.7 Å². The van der Waals surface area contributed by atoms with E-state index in [2.05, 4.69) is 0 Å². The quantitative estimate of drug-likeness (QED) is 0.674. The molecule has 1 fully saturated rings. The van der Waals surface area contributed by atoms with Gasteiger partial charge >= 0.3 is 5.97 Å². The number of rotatable bonds is 3. The van der Waals surface area contributed by atoms with Crippen molar-refractivity contribution in [3.05, 3.63) is 107 Å². The van der Waals surface area contributed by atoms with Crippen LogP contribution in [-0.4, -0.2) is 27.8 Å². The van der Waals surface area contributed by atoms with Gasteiger partial charge in [-0.1, -0.05) is 78.9 Å². The summed E-state index contributed by atoms with van der Waals surface area (Å²) in [5, 5.41) is 10.7. The first-order chi connectivity index (χ1) is 15.1. The standard InChI is InChI=1S/C26H19NO4/c28-23-21-20-16-10-4-6-12-18(16)26(25(30)31,19-13-7-5-11-17(19)20)22(21)24(29)27(23)14-15-8-2-1-3-9-15/h1-13,20-22H,14H2,(H,30,31)/t20?,21-,22+,26?/m1/s1. The zero-order chi connectivity index (χ0) is 21.3. The molecule has 0 unspecified atom stereocenters. The molecule has 0 saturated carbocycles. The molecule has 7 rings (SSSR count). The molecule has 3 aliphatic carbocycles. The molecule has 4 aliphatic rings. The Hall–Kier alpha value is -3.73. The van der Waals surface area contributed by atoms with E-state index in [9.17, 15) is 19.5 Å². The number of carboxylic acids is 1. The van der Waals surface area contributed by atoms with E-state index in [4.69, 9.17) is 0 Å². The molecule has 2 amide bonds. The average molecular weight is 409 g/mol. The number of amides is 2. The fourth-order valence-corrected chi connectivity index (χ4v) is 6.12. The van der Waals surface area contributed by atoms with Gasteiger partial charge in [-0.15, -0.1) is 0 Å². The second-order valence-electron chi connectivity index (χ2n) is 8.52. The first-order valence-electron chi connectivity index (χ1n) is 10.4. The minimum absolute atomic E-state index is 0.153. The lowest BCUT2D eigenvalue weighted by Crippen LogP contribution is -2.57. The van der Waals surface area contributed by atoms with Crippen LogP contribution >= 0.6 is 0 Å². The first-order valence-corrected chi connectivity index (χ1v) is 10.4. The van der Waals surface area contributed by atoms with Crippen LogP contribution in [0.25, 0.3) is 0 Å². The van der Waals surface area contributed by atoms with Crippen LogP contribution in [0.4, 0.5) is 0 Å². The largest absolute Gasteiger partial charge is 0.480 e. The van der Waals surface area contributed by atoms with Crippen molar-refractivity contribution in [2.24, 2.45) is 11.8 Å². The van der Waals surface area contributed by atoms with Crippen molar-refractivity contribution in [3.8, 4) is 0 Å². The Balaban J connectivity index is 1.61. The molecule has 2 atom stereocenters. The SMILES string of the molecule is O=C1[C@@H]2C3c4ccccc4C(C(=O)O)(c4ccccc43)[C@@H]2C(=O)N1Cc1ccccc1. The van der Waals surface area contributed by atoms with E-state index in [1.54, 1.807) is 12.1 Å². The lowest BCUT2D eigenvalue weighted by Gasteiger charge is -2.51. The van der Waals surface area contributed by atoms with Gasteiger partial charge in [0.05, 0.1) is 18.4 Å². The van der Waals surface area contributed by atoms with Crippen LogP contribution in [0.15, 0.2) is 78.9 Å².